The Kier molecular flexibility index (Phi) is 13.5. The number of pyridine rings is 2. The first-order valence-electron chi connectivity index (χ1n) is 23.2. The first-order valence-corrected chi connectivity index (χ1v) is 26.3. The zero-order chi connectivity index (χ0) is 51.4. The van der Waals surface area contributed by atoms with Crippen molar-refractivity contribution < 1.29 is 26.4 Å². The SMILES string of the molecule is CCOC(=O)N(c1cc(NCc2ccc(S(N)(=O)=O)cc2)c2nc(-c3ccccc3)c(-c3ccccc3)nc2n1)c1cc(NCc2ccc(S(N)(=O)=O)cc2)c2nc(-c3ccccc3)c(-c3ccccc3)nc2n1. The summed E-state index contributed by atoms with van der Waals surface area (Å²) in [7, 11) is -7.88. The molecule has 4 aromatic heterocycles. The van der Waals surface area contributed by atoms with Gasteiger partial charge in [0, 0.05) is 47.5 Å². The van der Waals surface area contributed by atoms with Crippen molar-refractivity contribution in [1.82, 2.24) is 29.9 Å². The minimum atomic E-state index is -3.94. The number of anilines is 4. The second kappa shape index (κ2) is 20.6. The fourth-order valence-corrected chi connectivity index (χ4v) is 9.25. The van der Waals surface area contributed by atoms with Crippen LogP contribution in [-0.2, 0) is 37.9 Å². The van der Waals surface area contributed by atoms with Crippen LogP contribution in [0.3, 0.4) is 0 Å². The van der Waals surface area contributed by atoms with Crippen molar-refractivity contribution in [3.8, 4) is 45.0 Å². The van der Waals surface area contributed by atoms with E-state index >= 15 is 0 Å². The molecule has 17 nitrogen and oxygen atoms in total. The van der Waals surface area contributed by atoms with E-state index in [-0.39, 0.29) is 52.4 Å². The molecular formula is C55H45N11O6S2. The molecule has 0 aliphatic rings. The number of nitrogens with two attached hydrogens (primary N) is 2. The maximum absolute atomic E-state index is 14.7. The van der Waals surface area contributed by atoms with E-state index in [1.54, 1.807) is 43.3 Å². The molecule has 74 heavy (non-hydrogen) atoms. The summed E-state index contributed by atoms with van der Waals surface area (Å²) in [5.41, 5.74) is 8.69. The summed E-state index contributed by atoms with van der Waals surface area (Å²) in [6.07, 6.45) is -0.824. The van der Waals surface area contributed by atoms with E-state index in [4.69, 9.17) is 44.9 Å². The lowest BCUT2D eigenvalue weighted by Gasteiger charge is -2.23. The number of hydrogen-bond acceptors (Lipinski definition) is 14. The Hall–Kier alpha value is -9.01. The van der Waals surface area contributed by atoms with Gasteiger partial charge in [-0.25, -0.2) is 66.7 Å². The van der Waals surface area contributed by atoms with Crippen molar-refractivity contribution in [3.05, 3.63) is 193 Å². The monoisotopic (exact) mass is 1020 g/mol. The van der Waals surface area contributed by atoms with Crippen LogP contribution >= 0.6 is 0 Å². The molecular weight excluding hydrogens is 975 g/mol. The molecule has 368 valence electrons. The van der Waals surface area contributed by atoms with Gasteiger partial charge in [0.05, 0.1) is 50.5 Å². The number of nitrogens with one attached hydrogen (secondary N) is 2. The van der Waals surface area contributed by atoms with Crippen LogP contribution in [0.25, 0.3) is 67.4 Å². The highest BCUT2D eigenvalue weighted by Gasteiger charge is 2.28. The third kappa shape index (κ3) is 10.5. The highest BCUT2D eigenvalue weighted by molar-refractivity contribution is 7.89. The zero-order valence-electron chi connectivity index (χ0n) is 39.5. The van der Waals surface area contributed by atoms with Crippen molar-refractivity contribution in [2.45, 2.75) is 29.8 Å². The first kappa shape index (κ1) is 48.6. The van der Waals surface area contributed by atoms with Gasteiger partial charge in [-0.15, -0.1) is 0 Å². The number of rotatable bonds is 15. The normalized spacial score (nSPS) is 11.6. The minimum Gasteiger partial charge on any atom is -0.449 e. The molecule has 10 rings (SSSR count). The van der Waals surface area contributed by atoms with Gasteiger partial charge in [-0.3, -0.25) is 0 Å². The van der Waals surface area contributed by atoms with Gasteiger partial charge >= 0.3 is 6.09 Å². The van der Waals surface area contributed by atoms with Gasteiger partial charge < -0.3 is 15.4 Å². The summed E-state index contributed by atoms with van der Waals surface area (Å²) in [4.78, 5) is 46.8. The van der Waals surface area contributed by atoms with Gasteiger partial charge in [0.1, 0.15) is 22.7 Å². The number of amides is 1. The largest absolute Gasteiger partial charge is 0.449 e. The van der Waals surface area contributed by atoms with Crippen LogP contribution in [0.5, 0.6) is 0 Å². The zero-order valence-corrected chi connectivity index (χ0v) is 41.1. The Morgan fingerprint density at radius 3 is 1.11 bits per heavy atom. The molecule has 6 N–H and O–H groups in total. The van der Waals surface area contributed by atoms with Crippen molar-refractivity contribution in [1.29, 1.82) is 0 Å². The Morgan fingerprint density at radius 1 is 0.473 bits per heavy atom. The molecule has 19 heteroatoms. The standard InChI is InChI=1S/C55H45N11O6S2/c1-2-72-55(67)66(45-31-43(58-33-35-23-27-41(28-24-35)73(56,68)69)51-53(60-45)64-49(39-19-11-5-12-20-39)47(62-51)37-15-7-3-8-16-37)46-32-44(59-34-36-25-29-42(30-26-36)74(57,70)71)52-54(61-46)65-50(40-21-13-6-14-22-40)48(63-52)38-17-9-4-10-18-38/h3-32H,2,33-34H2,1H3,(H2,56,68,69)(H2,57,70,71)(H,58,60,64)(H,59,61,65). The lowest BCUT2D eigenvalue weighted by molar-refractivity contribution is 0.162. The fourth-order valence-electron chi connectivity index (χ4n) is 8.22. The van der Waals surface area contributed by atoms with Crippen LogP contribution in [0.2, 0.25) is 0 Å². The Bertz CT molecular complexity index is 3670. The number of benzene rings is 6. The molecule has 0 saturated heterocycles. The highest BCUT2D eigenvalue weighted by Crippen LogP contribution is 2.39. The molecule has 0 saturated carbocycles. The number of primary sulfonamides is 2. The van der Waals surface area contributed by atoms with Crippen molar-refractivity contribution >= 4 is 71.5 Å². The number of ether oxygens (including phenoxy) is 1. The Labute approximate surface area is 426 Å². The fraction of sp³-hybridized carbons (Fsp3) is 0.0727. The van der Waals surface area contributed by atoms with E-state index in [9.17, 15) is 21.6 Å². The van der Waals surface area contributed by atoms with Crippen LogP contribution in [0.4, 0.5) is 27.8 Å². The molecule has 10 aromatic rings. The van der Waals surface area contributed by atoms with E-state index in [0.717, 1.165) is 22.3 Å². The van der Waals surface area contributed by atoms with Crippen LogP contribution in [0.1, 0.15) is 18.1 Å². The van der Waals surface area contributed by atoms with Gasteiger partial charge in [-0.1, -0.05) is 146 Å². The topological polar surface area (TPSA) is 251 Å². The average Bonchev–Trinajstić information content (AvgIpc) is 3.43. The van der Waals surface area contributed by atoms with Gasteiger partial charge in [-0.2, -0.15) is 0 Å². The summed E-state index contributed by atoms with van der Waals surface area (Å²) in [5, 5.41) is 17.7. The third-order valence-electron chi connectivity index (χ3n) is 11.8. The van der Waals surface area contributed by atoms with E-state index in [0.29, 0.717) is 56.3 Å². The molecule has 0 fully saturated rings. The Balaban J connectivity index is 1.19. The number of carbonyl (C=O) groups excluding carboxylic acids is 1. The minimum absolute atomic E-state index is 0.00741. The van der Waals surface area contributed by atoms with E-state index in [1.165, 1.54) is 29.2 Å². The number of carbonyl (C=O) groups is 1. The summed E-state index contributed by atoms with van der Waals surface area (Å²) >= 11 is 0. The van der Waals surface area contributed by atoms with Crippen LogP contribution in [0.15, 0.2) is 192 Å². The summed E-state index contributed by atoms with van der Waals surface area (Å²) < 4.78 is 54.2. The van der Waals surface area contributed by atoms with Gasteiger partial charge in [-0.05, 0) is 42.3 Å². The molecule has 0 radical (unpaired) electrons. The second-order valence-electron chi connectivity index (χ2n) is 16.8. The van der Waals surface area contributed by atoms with E-state index in [1.807, 2.05) is 121 Å². The molecule has 0 bridgehead atoms. The highest BCUT2D eigenvalue weighted by atomic mass is 32.2. The van der Waals surface area contributed by atoms with Gasteiger partial charge in [0.15, 0.2) is 11.3 Å². The molecule has 0 aliphatic heterocycles. The van der Waals surface area contributed by atoms with Crippen molar-refractivity contribution in [3.63, 3.8) is 0 Å². The van der Waals surface area contributed by atoms with Gasteiger partial charge in [0.2, 0.25) is 20.0 Å². The summed E-state index contributed by atoms with van der Waals surface area (Å²) in [6.45, 7) is 2.03. The number of sulfonamides is 2. The van der Waals surface area contributed by atoms with Crippen LogP contribution in [-0.4, -0.2) is 59.4 Å². The number of aromatic nitrogens is 6. The van der Waals surface area contributed by atoms with E-state index in [2.05, 4.69) is 10.6 Å². The van der Waals surface area contributed by atoms with Gasteiger partial charge in [0.25, 0.3) is 0 Å². The quantitative estimate of drug-likeness (QED) is 0.0746. The molecule has 6 aromatic carbocycles. The second-order valence-corrected chi connectivity index (χ2v) is 19.9. The number of nitrogens with zero attached hydrogens (tertiary/aromatic N) is 7. The van der Waals surface area contributed by atoms with Crippen LogP contribution < -0.4 is 25.8 Å². The maximum Gasteiger partial charge on any atom is 0.421 e. The van der Waals surface area contributed by atoms with E-state index < -0.39 is 26.1 Å². The maximum atomic E-state index is 14.7. The van der Waals surface area contributed by atoms with Crippen molar-refractivity contribution in [2.24, 2.45) is 10.3 Å². The van der Waals surface area contributed by atoms with Crippen molar-refractivity contribution in [2.75, 3.05) is 22.1 Å². The van der Waals surface area contributed by atoms with Crippen LogP contribution in [0, 0.1) is 0 Å². The molecule has 4 heterocycles. The lowest BCUT2D eigenvalue weighted by Crippen LogP contribution is -2.29. The number of hydrogen-bond donors (Lipinski definition) is 4. The molecule has 0 spiro atoms. The number of fused-ring (bicyclic) bond motifs is 2. The third-order valence-corrected chi connectivity index (χ3v) is 13.7. The predicted molar refractivity (Wildman–Crippen MR) is 286 cm³/mol. The Morgan fingerprint density at radius 2 is 0.797 bits per heavy atom. The first-order chi connectivity index (χ1) is 35.8. The smallest absolute Gasteiger partial charge is 0.421 e. The summed E-state index contributed by atoms with van der Waals surface area (Å²) in [6, 6.07) is 54.0. The predicted octanol–water partition coefficient (Wildman–Crippen LogP) is 9.84. The lowest BCUT2D eigenvalue weighted by atomic mass is 10.0. The molecule has 0 atom stereocenters. The average molecular weight is 1020 g/mol. The molecule has 1 amide bonds. The molecule has 0 unspecified atom stereocenters. The summed E-state index contributed by atoms with van der Waals surface area (Å²) in [5.74, 6) is 0.106. The molecule has 0 aliphatic carbocycles.